The molecule has 0 saturated carbocycles. The number of amides is 2. The summed E-state index contributed by atoms with van der Waals surface area (Å²) in [4.78, 5) is 14.4. The van der Waals surface area contributed by atoms with Crippen LogP contribution in [0.15, 0.2) is 42.5 Å². The third-order valence-corrected chi connectivity index (χ3v) is 4.73. The number of carbonyl (C=O) groups excluding carboxylic acids is 1. The van der Waals surface area contributed by atoms with Crippen LogP contribution in [0.4, 0.5) is 10.5 Å². The van der Waals surface area contributed by atoms with E-state index in [1.54, 1.807) is 17.0 Å². The highest BCUT2D eigenvalue weighted by molar-refractivity contribution is 6.30. The predicted molar refractivity (Wildman–Crippen MR) is 90.0 cm³/mol. The highest BCUT2D eigenvalue weighted by Crippen LogP contribution is 2.45. The van der Waals surface area contributed by atoms with Crippen LogP contribution in [-0.2, 0) is 0 Å². The van der Waals surface area contributed by atoms with Crippen molar-refractivity contribution in [3.05, 3.63) is 58.6 Å². The number of nitrogens with one attached hydrogen (secondary N) is 1. The molecule has 2 aliphatic heterocycles. The van der Waals surface area contributed by atoms with Crippen LogP contribution in [0, 0.1) is 6.92 Å². The first-order valence-electron chi connectivity index (χ1n) is 7.62. The van der Waals surface area contributed by atoms with Crippen LogP contribution in [-0.4, -0.2) is 11.8 Å². The summed E-state index contributed by atoms with van der Waals surface area (Å²) in [6.45, 7) is 3.99. The maximum atomic E-state index is 12.7. The Bertz CT molecular complexity index is 807. The molecule has 0 aliphatic carbocycles. The van der Waals surface area contributed by atoms with Gasteiger partial charge in [0.2, 0.25) is 0 Å². The Labute approximate surface area is 140 Å². The molecule has 2 unspecified atom stereocenters. The number of anilines is 1. The molecule has 2 heterocycles. The zero-order valence-electron chi connectivity index (χ0n) is 13.0. The fourth-order valence-corrected chi connectivity index (χ4v) is 3.68. The molecule has 2 bridgehead atoms. The number of benzene rings is 2. The minimum Gasteiger partial charge on any atom is -0.467 e. The van der Waals surface area contributed by atoms with Crippen molar-refractivity contribution in [1.29, 1.82) is 0 Å². The second-order valence-electron chi connectivity index (χ2n) is 6.34. The van der Waals surface area contributed by atoms with Gasteiger partial charge >= 0.3 is 6.03 Å². The number of nitrogens with zero attached hydrogens (tertiary/aromatic N) is 1. The maximum Gasteiger partial charge on any atom is 0.325 e. The first-order valence-corrected chi connectivity index (χ1v) is 8.00. The molecule has 2 aliphatic rings. The second kappa shape index (κ2) is 4.90. The fourth-order valence-electron chi connectivity index (χ4n) is 3.50. The van der Waals surface area contributed by atoms with Crippen molar-refractivity contribution < 1.29 is 9.53 Å². The third-order valence-electron chi connectivity index (χ3n) is 4.49. The molecule has 1 fully saturated rings. The monoisotopic (exact) mass is 328 g/mol. The molecular formula is C18H17ClN2O2. The van der Waals surface area contributed by atoms with Crippen molar-refractivity contribution in [2.75, 3.05) is 4.90 Å². The Morgan fingerprint density at radius 2 is 2.13 bits per heavy atom. The minimum absolute atomic E-state index is 0.0356. The standard InChI is InChI=1S/C18H17ClN2O2/c1-11-6-7-16-14(8-11)15-10-18(2,23-16)21(17(22)20-15)13-5-3-4-12(19)9-13/h3-9,15H,10H2,1-2H3,(H,20,22). The minimum atomic E-state index is -0.736. The van der Waals surface area contributed by atoms with Gasteiger partial charge in [-0.15, -0.1) is 0 Å². The summed E-state index contributed by atoms with van der Waals surface area (Å²) in [5.41, 5.74) is 2.19. The van der Waals surface area contributed by atoms with Gasteiger partial charge in [0.15, 0.2) is 5.72 Å². The van der Waals surface area contributed by atoms with Crippen molar-refractivity contribution in [1.82, 2.24) is 5.32 Å². The van der Waals surface area contributed by atoms with Crippen LogP contribution < -0.4 is 15.0 Å². The smallest absolute Gasteiger partial charge is 0.325 e. The lowest BCUT2D eigenvalue weighted by atomic mass is 9.89. The number of carbonyl (C=O) groups is 1. The Morgan fingerprint density at radius 1 is 1.30 bits per heavy atom. The molecule has 2 amide bonds. The SMILES string of the molecule is Cc1ccc2c(c1)C1CC(C)(O2)N(c2cccc(Cl)c2)C(=O)N1. The maximum absolute atomic E-state index is 12.7. The number of aryl methyl sites for hydroxylation is 1. The average Bonchev–Trinajstić information content (AvgIpc) is 2.47. The second-order valence-corrected chi connectivity index (χ2v) is 6.78. The zero-order chi connectivity index (χ0) is 16.2. The van der Waals surface area contributed by atoms with Gasteiger partial charge in [0.1, 0.15) is 5.75 Å². The Morgan fingerprint density at radius 3 is 2.91 bits per heavy atom. The number of fused-ring (bicyclic) bond motifs is 4. The Kier molecular flexibility index (Phi) is 3.07. The van der Waals surface area contributed by atoms with Gasteiger partial charge in [-0.2, -0.15) is 0 Å². The summed E-state index contributed by atoms with van der Waals surface area (Å²) in [5, 5.41) is 3.68. The predicted octanol–water partition coefficient (Wildman–Crippen LogP) is 4.42. The summed E-state index contributed by atoms with van der Waals surface area (Å²) >= 11 is 6.09. The summed E-state index contributed by atoms with van der Waals surface area (Å²) in [6.07, 6.45) is 0.682. The molecule has 2 atom stereocenters. The number of urea groups is 1. The first kappa shape index (κ1) is 14.4. The molecule has 2 aromatic rings. The van der Waals surface area contributed by atoms with Crippen molar-refractivity contribution >= 4 is 23.3 Å². The van der Waals surface area contributed by atoms with Crippen LogP contribution in [0.25, 0.3) is 0 Å². The van der Waals surface area contributed by atoms with Crippen molar-refractivity contribution in [2.24, 2.45) is 0 Å². The summed E-state index contributed by atoms with van der Waals surface area (Å²) < 4.78 is 6.24. The van der Waals surface area contributed by atoms with Crippen LogP contribution in [0.3, 0.4) is 0 Å². The molecule has 0 radical (unpaired) electrons. The van der Waals surface area contributed by atoms with Gasteiger partial charge in [0.05, 0.1) is 11.7 Å². The topological polar surface area (TPSA) is 41.6 Å². The van der Waals surface area contributed by atoms with Crippen LogP contribution >= 0.6 is 11.6 Å². The van der Waals surface area contributed by atoms with Gasteiger partial charge in [-0.25, -0.2) is 4.79 Å². The van der Waals surface area contributed by atoms with E-state index in [1.807, 2.05) is 38.1 Å². The third kappa shape index (κ3) is 2.25. The quantitative estimate of drug-likeness (QED) is 0.842. The molecule has 4 rings (SSSR count). The van der Waals surface area contributed by atoms with Crippen LogP contribution in [0.1, 0.15) is 30.5 Å². The lowest BCUT2D eigenvalue weighted by molar-refractivity contribution is 0.0378. The van der Waals surface area contributed by atoms with E-state index in [9.17, 15) is 4.79 Å². The normalized spacial score (nSPS) is 25.4. The van der Waals surface area contributed by atoms with Gasteiger partial charge < -0.3 is 10.1 Å². The van der Waals surface area contributed by atoms with E-state index >= 15 is 0 Å². The molecule has 0 spiro atoms. The Hall–Kier alpha value is -2.20. The van der Waals surface area contributed by atoms with Gasteiger partial charge in [-0.1, -0.05) is 35.4 Å². The van der Waals surface area contributed by atoms with Crippen LogP contribution in [0.2, 0.25) is 5.02 Å². The van der Waals surface area contributed by atoms with E-state index in [0.717, 1.165) is 22.6 Å². The highest BCUT2D eigenvalue weighted by atomic mass is 35.5. The zero-order valence-corrected chi connectivity index (χ0v) is 13.7. The average molecular weight is 329 g/mol. The molecule has 1 N–H and O–H groups in total. The lowest BCUT2D eigenvalue weighted by Crippen LogP contribution is -2.65. The number of hydrogen-bond acceptors (Lipinski definition) is 2. The van der Waals surface area contributed by atoms with E-state index in [4.69, 9.17) is 16.3 Å². The molecule has 0 aromatic heterocycles. The first-order chi connectivity index (χ1) is 11.0. The van der Waals surface area contributed by atoms with E-state index in [1.165, 1.54) is 0 Å². The van der Waals surface area contributed by atoms with E-state index in [-0.39, 0.29) is 12.1 Å². The summed E-state index contributed by atoms with van der Waals surface area (Å²) in [6, 6.07) is 13.1. The van der Waals surface area contributed by atoms with Gasteiger partial charge in [-0.3, -0.25) is 4.90 Å². The number of rotatable bonds is 1. The molecule has 5 heteroatoms. The summed E-state index contributed by atoms with van der Waals surface area (Å²) in [7, 11) is 0. The number of halogens is 1. The van der Waals surface area contributed by atoms with Gasteiger partial charge in [0.25, 0.3) is 0 Å². The van der Waals surface area contributed by atoms with E-state index < -0.39 is 5.72 Å². The molecule has 4 nitrogen and oxygen atoms in total. The fraction of sp³-hybridized carbons (Fsp3) is 0.278. The van der Waals surface area contributed by atoms with Gasteiger partial charge in [0, 0.05) is 17.0 Å². The van der Waals surface area contributed by atoms with E-state index in [2.05, 4.69) is 11.4 Å². The molecule has 23 heavy (non-hydrogen) atoms. The highest BCUT2D eigenvalue weighted by Gasteiger charge is 2.49. The van der Waals surface area contributed by atoms with Crippen molar-refractivity contribution in [3.8, 4) is 5.75 Å². The molecular weight excluding hydrogens is 312 g/mol. The molecule has 2 aromatic carbocycles. The Balaban J connectivity index is 1.81. The van der Waals surface area contributed by atoms with E-state index in [0.29, 0.717) is 11.4 Å². The number of hydrogen-bond donors (Lipinski definition) is 1. The lowest BCUT2D eigenvalue weighted by Gasteiger charge is -2.50. The molecule has 1 saturated heterocycles. The largest absolute Gasteiger partial charge is 0.467 e. The number of ether oxygens (including phenoxy) is 1. The van der Waals surface area contributed by atoms with Gasteiger partial charge in [-0.05, 0) is 38.1 Å². The summed E-state index contributed by atoms with van der Waals surface area (Å²) in [5.74, 6) is 0.821. The van der Waals surface area contributed by atoms with Crippen LogP contribution in [0.5, 0.6) is 5.75 Å². The van der Waals surface area contributed by atoms with Crippen molar-refractivity contribution in [3.63, 3.8) is 0 Å². The van der Waals surface area contributed by atoms with Crippen molar-refractivity contribution in [2.45, 2.75) is 32.0 Å². The molecule has 118 valence electrons.